The van der Waals surface area contributed by atoms with Gasteiger partial charge >= 0.3 is 0 Å². The van der Waals surface area contributed by atoms with Crippen molar-refractivity contribution >= 4 is 11.7 Å². The highest BCUT2D eigenvalue weighted by Gasteiger charge is 2.27. The van der Waals surface area contributed by atoms with Gasteiger partial charge in [-0.15, -0.1) is 0 Å². The molecule has 2 N–H and O–H groups in total. The molecule has 0 bridgehead atoms. The lowest BCUT2D eigenvalue weighted by atomic mass is 10.0. The highest BCUT2D eigenvalue weighted by molar-refractivity contribution is 5.78. The quantitative estimate of drug-likeness (QED) is 0.846. The van der Waals surface area contributed by atoms with Crippen LogP contribution in [0.25, 0.3) is 0 Å². The number of anilines is 1. The molecule has 7 nitrogen and oxygen atoms in total. The number of carbonyl (C=O) groups is 1. The van der Waals surface area contributed by atoms with Gasteiger partial charge in [0, 0.05) is 45.2 Å². The highest BCUT2D eigenvalue weighted by atomic mass is 16.2. The predicted molar refractivity (Wildman–Crippen MR) is 101 cm³/mol. The van der Waals surface area contributed by atoms with Gasteiger partial charge in [0.1, 0.15) is 11.6 Å². The third-order valence-electron chi connectivity index (χ3n) is 5.83. The Kier molecular flexibility index (Phi) is 5.36. The van der Waals surface area contributed by atoms with Gasteiger partial charge in [-0.05, 0) is 38.6 Å². The Hall–Kier alpha value is -1.73. The first kappa shape index (κ1) is 17.7. The topological polar surface area (TPSA) is 73.4 Å². The van der Waals surface area contributed by atoms with E-state index in [1.165, 1.54) is 12.8 Å². The normalized spacial score (nSPS) is 23.7. The van der Waals surface area contributed by atoms with Gasteiger partial charge in [-0.3, -0.25) is 9.69 Å². The molecule has 1 aromatic heterocycles. The number of nitrogens with one attached hydrogen (secondary N) is 2. The van der Waals surface area contributed by atoms with Gasteiger partial charge in [-0.1, -0.05) is 0 Å². The number of likely N-dealkylation sites (tertiary alicyclic amines) is 1. The second kappa shape index (κ2) is 7.88. The third kappa shape index (κ3) is 3.69. The maximum Gasteiger partial charge on any atom is 0.236 e. The van der Waals surface area contributed by atoms with Crippen molar-refractivity contribution in [2.45, 2.75) is 51.1 Å². The van der Waals surface area contributed by atoms with Crippen LogP contribution in [0, 0.1) is 0 Å². The molecule has 0 saturated carbocycles. The molecule has 4 rings (SSSR count). The van der Waals surface area contributed by atoms with Crippen molar-refractivity contribution in [3.05, 3.63) is 17.1 Å². The van der Waals surface area contributed by atoms with E-state index in [4.69, 9.17) is 9.97 Å². The molecule has 3 aliphatic rings. The molecular formula is C19H30N6O. The number of aromatic nitrogens is 2. The summed E-state index contributed by atoms with van der Waals surface area (Å²) < 4.78 is 0. The fourth-order valence-corrected chi connectivity index (χ4v) is 4.33. The Balaban J connectivity index is 1.46. The van der Waals surface area contributed by atoms with Gasteiger partial charge in [0.2, 0.25) is 5.91 Å². The van der Waals surface area contributed by atoms with E-state index in [1.54, 1.807) is 0 Å². The number of amides is 1. The van der Waals surface area contributed by atoms with Gasteiger partial charge in [0.05, 0.1) is 18.3 Å². The third-order valence-corrected chi connectivity index (χ3v) is 5.83. The Morgan fingerprint density at radius 1 is 1.19 bits per heavy atom. The molecule has 0 spiro atoms. The zero-order valence-electron chi connectivity index (χ0n) is 15.8. The zero-order valence-corrected chi connectivity index (χ0v) is 15.8. The second-order valence-electron chi connectivity index (χ2n) is 7.66. The monoisotopic (exact) mass is 358 g/mol. The fraction of sp³-hybridized carbons (Fsp3) is 0.737. The van der Waals surface area contributed by atoms with E-state index in [2.05, 4.69) is 15.5 Å². The van der Waals surface area contributed by atoms with Crippen LogP contribution in [0.3, 0.4) is 0 Å². The second-order valence-corrected chi connectivity index (χ2v) is 7.66. The van der Waals surface area contributed by atoms with E-state index in [0.29, 0.717) is 6.54 Å². The lowest BCUT2D eigenvalue weighted by Crippen LogP contribution is -2.44. The van der Waals surface area contributed by atoms with Crippen LogP contribution < -0.4 is 10.6 Å². The first-order chi connectivity index (χ1) is 12.7. The molecule has 1 unspecified atom stereocenters. The largest absolute Gasteiger partial charge is 0.373 e. The maximum atomic E-state index is 12.6. The average molecular weight is 358 g/mol. The minimum absolute atomic E-state index is 0.270. The molecule has 4 heterocycles. The van der Waals surface area contributed by atoms with Gasteiger partial charge in [-0.2, -0.15) is 0 Å². The average Bonchev–Trinajstić information content (AvgIpc) is 3.22. The molecule has 0 aliphatic carbocycles. The minimum Gasteiger partial charge on any atom is -0.373 e. The summed E-state index contributed by atoms with van der Waals surface area (Å²) in [4.78, 5) is 26.5. The number of nitrogens with zero attached hydrogens (tertiary/aromatic N) is 4. The summed E-state index contributed by atoms with van der Waals surface area (Å²) in [7, 11) is 1.92. The Morgan fingerprint density at radius 2 is 2.04 bits per heavy atom. The smallest absolute Gasteiger partial charge is 0.236 e. The first-order valence-electron chi connectivity index (χ1n) is 10.1. The van der Waals surface area contributed by atoms with Crippen LogP contribution >= 0.6 is 0 Å². The molecule has 26 heavy (non-hydrogen) atoms. The summed E-state index contributed by atoms with van der Waals surface area (Å²) in [6.07, 6.45) is 6.72. The van der Waals surface area contributed by atoms with Crippen molar-refractivity contribution in [3.8, 4) is 0 Å². The molecule has 0 radical (unpaired) electrons. The number of fused-ring (bicyclic) bond motifs is 1. The summed E-state index contributed by atoms with van der Waals surface area (Å²) in [5, 5.41) is 6.74. The van der Waals surface area contributed by atoms with Crippen molar-refractivity contribution in [1.82, 2.24) is 25.1 Å². The maximum absolute atomic E-state index is 12.6. The van der Waals surface area contributed by atoms with E-state index < -0.39 is 0 Å². The number of rotatable bonds is 4. The van der Waals surface area contributed by atoms with Crippen LogP contribution in [0.1, 0.15) is 55.2 Å². The molecule has 1 amide bonds. The zero-order chi connectivity index (χ0) is 17.9. The van der Waals surface area contributed by atoms with Gasteiger partial charge < -0.3 is 15.5 Å². The van der Waals surface area contributed by atoms with Gasteiger partial charge in [0.25, 0.3) is 0 Å². The lowest BCUT2D eigenvalue weighted by Gasteiger charge is -2.32. The highest BCUT2D eigenvalue weighted by Crippen LogP contribution is 2.28. The van der Waals surface area contributed by atoms with Crippen molar-refractivity contribution in [3.63, 3.8) is 0 Å². The van der Waals surface area contributed by atoms with Crippen molar-refractivity contribution in [2.24, 2.45) is 0 Å². The van der Waals surface area contributed by atoms with Crippen LogP contribution in [0.5, 0.6) is 0 Å². The van der Waals surface area contributed by atoms with Crippen molar-refractivity contribution < 1.29 is 4.79 Å². The molecule has 0 aromatic carbocycles. The van der Waals surface area contributed by atoms with Gasteiger partial charge in [-0.25, -0.2) is 9.97 Å². The minimum atomic E-state index is 0.270. The van der Waals surface area contributed by atoms with Crippen LogP contribution in [-0.4, -0.2) is 65.4 Å². The van der Waals surface area contributed by atoms with E-state index in [1.807, 2.05) is 11.9 Å². The van der Waals surface area contributed by atoms with E-state index in [9.17, 15) is 4.79 Å². The summed E-state index contributed by atoms with van der Waals surface area (Å²) in [5.41, 5.74) is 2.31. The van der Waals surface area contributed by atoms with Crippen LogP contribution in [0.15, 0.2) is 0 Å². The number of hydrogen-bond donors (Lipinski definition) is 2. The summed E-state index contributed by atoms with van der Waals surface area (Å²) in [6, 6.07) is 0.283. The lowest BCUT2D eigenvalue weighted by molar-refractivity contribution is -0.133. The predicted octanol–water partition coefficient (Wildman–Crippen LogP) is 1.31. The molecule has 2 saturated heterocycles. The van der Waals surface area contributed by atoms with Crippen LogP contribution in [0.2, 0.25) is 0 Å². The summed E-state index contributed by atoms with van der Waals surface area (Å²) >= 11 is 0. The molecule has 3 aliphatic heterocycles. The number of carbonyl (C=O) groups excluding carboxylic acids is 1. The Labute approximate surface area is 155 Å². The molecule has 2 fully saturated rings. The molecule has 7 heteroatoms. The Morgan fingerprint density at radius 3 is 2.77 bits per heavy atom. The van der Waals surface area contributed by atoms with Gasteiger partial charge in [0.15, 0.2) is 0 Å². The van der Waals surface area contributed by atoms with Crippen LogP contribution in [-0.2, 0) is 17.8 Å². The standard InChI is InChI=1S/C19H30N6O/c1-20-18-14-12-24(13-17(26)25-9-3-2-4-10-25)11-7-15(14)22-19(23-18)16-6-5-8-21-16/h16,21H,2-13H2,1H3,(H,20,22,23). The molecule has 142 valence electrons. The van der Waals surface area contributed by atoms with E-state index in [0.717, 1.165) is 81.3 Å². The molecule has 1 aromatic rings. The summed E-state index contributed by atoms with van der Waals surface area (Å²) in [5.74, 6) is 2.11. The summed E-state index contributed by atoms with van der Waals surface area (Å²) in [6.45, 7) is 5.05. The SMILES string of the molecule is CNc1nc(C2CCCN2)nc2c1CN(CC(=O)N1CCCCC1)CC2. The Bertz CT molecular complexity index is 634. The van der Waals surface area contributed by atoms with E-state index >= 15 is 0 Å². The van der Waals surface area contributed by atoms with Crippen molar-refractivity contribution in [1.29, 1.82) is 0 Å². The van der Waals surface area contributed by atoms with E-state index in [-0.39, 0.29) is 11.9 Å². The fourth-order valence-electron chi connectivity index (χ4n) is 4.33. The van der Waals surface area contributed by atoms with Crippen LogP contribution in [0.4, 0.5) is 5.82 Å². The molecular weight excluding hydrogens is 328 g/mol. The molecule has 1 atom stereocenters. The number of piperidine rings is 1. The van der Waals surface area contributed by atoms with Crippen molar-refractivity contribution in [2.75, 3.05) is 45.1 Å². The first-order valence-corrected chi connectivity index (χ1v) is 10.1. The number of hydrogen-bond acceptors (Lipinski definition) is 6.